The monoisotopic (exact) mass is 315 g/mol. The summed E-state index contributed by atoms with van der Waals surface area (Å²) in [5.41, 5.74) is 0.755. The van der Waals surface area contributed by atoms with Crippen LogP contribution in [-0.4, -0.2) is 17.7 Å². The molecule has 0 saturated heterocycles. The van der Waals surface area contributed by atoms with Gasteiger partial charge in [-0.15, -0.1) is 0 Å². The number of hydrogen-bond acceptors (Lipinski definition) is 4. The van der Waals surface area contributed by atoms with Crippen molar-refractivity contribution < 1.29 is 14.3 Å². The van der Waals surface area contributed by atoms with Gasteiger partial charge in [-0.05, 0) is 43.9 Å². The molecule has 1 aromatic rings. The quantitative estimate of drug-likeness (QED) is 0.651. The van der Waals surface area contributed by atoms with Crippen LogP contribution in [0.25, 0.3) is 0 Å². The third-order valence-corrected chi connectivity index (χ3v) is 3.39. The first kappa shape index (κ1) is 18.9. The molecule has 0 fully saturated rings. The lowest BCUT2D eigenvalue weighted by atomic mass is 9.91. The molecule has 0 aliphatic heterocycles. The summed E-state index contributed by atoms with van der Waals surface area (Å²) in [4.78, 5) is 24.3. The molecule has 0 saturated carbocycles. The van der Waals surface area contributed by atoms with Crippen molar-refractivity contribution >= 4 is 11.6 Å². The highest BCUT2D eigenvalue weighted by Gasteiger charge is 2.25. The molecule has 1 atom stereocenters. The summed E-state index contributed by atoms with van der Waals surface area (Å²) in [6, 6.07) is 9.08. The topological polar surface area (TPSA) is 67.2 Å². The van der Waals surface area contributed by atoms with Gasteiger partial charge in [0.1, 0.15) is 5.75 Å². The molecule has 0 bridgehead atoms. The molecule has 1 unspecified atom stereocenters. The van der Waals surface area contributed by atoms with Crippen molar-refractivity contribution in [2.45, 2.75) is 53.1 Å². The fourth-order valence-electron chi connectivity index (χ4n) is 2.20. The number of carbonyl (C=O) groups is 2. The van der Waals surface area contributed by atoms with Gasteiger partial charge in [0.15, 0.2) is 17.5 Å². The lowest BCUT2D eigenvalue weighted by Crippen LogP contribution is -2.24. The van der Waals surface area contributed by atoms with E-state index in [0.717, 1.165) is 5.56 Å². The van der Waals surface area contributed by atoms with Crippen molar-refractivity contribution in [1.82, 2.24) is 0 Å². The number of rotatable bonds is 9. The largest absolute Gasteiger partial charge is 0.491 e. The Bertz CT molecular complexity index is 585. The van der Waals surface area contributed by atoms with Crippen molar-refractivity contribution in [3.63, 3.8) is 0 Å². The molecule has 0 N–H and O–H groups in total. The van der Waals surface area contributed by atoms with Crippen LogP contribution in [0, 0.1) is 23.2 Å². The van der Waals surface area contributed by atoms with E-state index in [2.05, 4.69) is 0 Å². The van der Waals surface area contributed by atoms with Crippen LogP contribution in [0.4, 0.5) is 0 Å². The van der Waals surface area contributed by atoms with Gasteiger partial charge in [-0.2, -0.15) is 5.26 Å². The predicted molar refractivity (Wildman–Crippen MR) is 89.1 cm³/mol. The minimum Gasteiger partial charge on any atom is -0.491 e. The van der Waals surface area contributed by atoms with Gasteiger partial charge in [-0.1, -0.05) is 26.0 Å². The fourth-order valence-corrected chi connectivity index (χ4v) is 2.20. The third kappa shape index (κ3) is 6.65. The average molecular weight is 315 g/mol. The van der Waals surface area contributed by atoms with E-state index >= 15 is 0 Å². The summed E-state index contributed by atoms with van der Waals surface area (Å²) in [6.07, 6.45) is 1.09. The highest BCUT2D eigenvalue weighted by molar-refractivity contribution is 6.05. The smallest absolute Gasteiger partial charge is 0.163 e. The van der Waals surface area contributed by atoms with Crippen LogP contribution in [0.3, 0.4) is 0 Å². The van der Waals surface area contributed by atoms with Crippen molar-refractivity contribution in [1.29, 1.82) is 5.26 Å². The molecule has 0 aliphatic carbocycles. The third-order valence-electron chi connectivity index (χ3n) is 3.39. The Kier molecular flexibility index (Phi) is 7.47. The fraction of sp³-hybridized carbons (Fsp3) is 0.526. The van der Waals surface area contributed by atoms with Crippen LogP contribution in [0.15, 0.2) is 24.3 Å². The molecule has 23 heavy (non-hydrogen) atoms. The van der Waals surface area contributed by atoms with E-state index in [4.69, 9.17) is 10.00 Å². The maximum Gasteiger partial charge on any atom is 0.163 e. The molecule has 0 amide bonds. The number of nitriles is 1. The zero-order valence-electron chi connectivity index (χ0n) is 14.3. The number of ketones is 2. The zero-order chi connectivity index (χ0) is 17.4. The maximum atomic E-state index is 12.3. The number of nitrogens with zero attached hydrogens (tertiary/aromatic N) is 1. The minimum absolute atomic E-state index is 0.0467. The first-order valence-electron chi connectivity index (χ1n) is 8.04. The average Bonchev–Trinajstić information content (AvgIpc) is 2.45. The summed E-state index contributed by atoms with van der Waals surface area (Å²) < 4.78 is 5.59. The first-order chi connectivity index (χ1) is 10.8. The minimum atomic E-state index is -1.16. The molecule has 0 heterocycles. The van der Waals surface area contributed by atoms with Crippen molar-refractivity contribution in [3.8, 4) is 11.8 Å². The Morgan fingerprint density at radius 1 is 1.17 bits per heavy atom. The van der Waals surface area contributed by atoms with E-state index in [9.17, 15) is 9.59 Å². The second-order valence-electron chi connectivity index (χ2n) is 6.42. The Hall–Kier alpha value is -2.15. The number of hydrogen-bond donors (Lipinski definition) is 0. The predicted octanol–water partition coefficient (Wildman–Crippen LogP) is 3.73. The van der Waals surface area contributed by atoms with E-state index in [1.807, 2.05) is 45.9 Å². The lowest BCUT2D eigenvalue weighted by molar-refractivity contribution is -0.130. The number of benzene rings is 1. The van der Waals surface area contributed by atoms with Gasteiger partial charge >= 0.3 is 0 Å². The Morgan fingerprint density at radius 3 is 2.43 bits per heavy atom. The molecule has 0 aromatic heterocycles. The standard InChI is InChI=1S/C19H25NO3/c1-13(2)8-9-18(21)17(12-20)19(22)11-15-6-5-7-16(10-15)23-14(3)4/h5-7,10,13-14,17H,8-9,11H2,1-4H3. The van der Waals surface area contributed by atoms with Crippen LogP contribution in [0.5, 0.6) is 5.75 Å². The normalized spacial score (nSPS) is 12.0. The van der Waals surface area contributed by atoms with Crippen LogP contribution in [-0.2, 0) is 16.0 Å². The van der Waals surface area contributed by atoms with Gasteiger partial charge < -0.3 is 4.74 Å². The number of ether oxygens (including phenoxy) is 1. The summed E-state index contributed by atoms with van der Waals surface area (Å²) in [6.45, 7) is 7.88. The zero-order valence-corrected chi connectivity index (χ0v) is 14.3. The van der Waals surface area contributed by atoms with E-state index in [1.165, 1.54) is 0 Å². The van der Waals surface area contributed by atoms with Gasteiger partial charge in [-0.3, -0.25) is 9.59 Å². The molecule has 4 heteroatoms. The van der Waals surface area contributed by atoms with Crippen LogP contribution in [0.1, 0.15) is 46.1 Å². The molecule has 4 nitrogen and oxygen atoms in total. The SMILES string of the molecule is CC(C)CCC(=O)C(C#N)C(=O)Cc1cccc(OC(C)C)c1. The molecule has 1 aromatic carbocycles. The summed E-state index contributed by atoms with van der Waals surface area (Å²) in [5, 5.41) is 9.17. The molecule has 124 valence electrons. The van der Waals surface area contributed by atoms with Gasteiger partial charge in [0.25, 0.3) is 0 Å². The molecule has 0 aliphatic rings. The van der Waals surface area contributed by atoms with Crippen molar-refractivity contribution in [2.75, 3.05) is 0 Å². The van der Waals surface area contributed by atoms with E-state index < -0.39 is 5.92 Å². The molecule has 0 spiro atoms. The molecular weight excluding hydrogens is 290 g/mol. The van der Waals surface area contributed by atoms with E-state index in [-0.39, 0.29) is 30.5 Å². The van der Waals surface area contributed by atoms with Gasteiger partial charge in [-0.25, -0.2) is 0 Å². The Morgan fingerprint density at radius 2 is 1.87 bits per heavy atom. The van der Waals surface area contributed by atoms with Crippen LogP contribution >= 0.6 is 0 Å². The molecule has 1 rings (SSSR count). The molecule has 0 radical (unpaired) electrons. The van der Waals surface area contributed by atoms with Crippen molar-refractivity contribution in [2.24, 2.45) is 11.8 Å². The van der Waals surface area contributed by atoms with Crippen molar-refractivity contribution in [3.05, 3.63) is 29.8 Å². The summed E-state index contributed by atoms with van der Waals surface area (Å²) in [5.74, 6) is -0.727. The van der Waals surface area contributed by atoms with Crippen LogP contribution in [0.2, 0.25) is 0 Å². The highest BCUT2D eigenvalue weighted by atomic mass is 16.5. The maximum absolute atomic E-state index is 12.3. The Labute approximate surface area is 138 Å². The Balaban J connectivity index is 2.73. The molecular formula is C19H25NO3. The summed E-state index contributed by atoms with van der Waals surface area (Å²) in [7, 11) is 0. The van der Waals surface area contributed by atoms with Gasteiger partial charge in [0, 0.05) is 12.8 Å². The first-order valence-corrected chi connectivity index (χ1v) is 8.04. The van der Waals surface area contributed by atoms with Gasteiger partial charge in [0.2, 0.25) is 0 Å². The highest BCUT2D eigenvalue weighted by Crippen LogP contribution is 2.17. The number of Topliss-reactive ketones (excluding diaryl/α,β-unsaturated/α-hetero) is 2. The summed E-state index contributed by atoms with van der Waals surface area (Å²) >= 11 is 0. The van der Waals surface area contributed by atoms with Crippen LogP contribution < -0.4 is 4.74 Å². The lowest BCUT2D eigenvalue weighted by Gasteiger charge is -2.12. The second-order valence-corrected chi connectivity index (χ2v) is 6.42. The van der Waals surface area contributed by atoms with E-state index in [0.29, 0.717) is 18.1 Å². The van der Waals surface area contributed by atoms with Gasteiger partial charge in [0.05, 0.1) is 12.2 Å². The van der Waals surface area contributed by atoms with E-state index in [1.54, 1.807) is 12.1 Å². The number of carbonyl (C=O) groups excluding carboxylic acids is 2. The second kappa shape index (κ2) is 9.09.